The van der Waals surface area contributed by atoms with Crippen LogP contribution in [0, 0.1) is 0 Å². The highest BCUT2D eigenvalue weighted by molar-refractivity contribution is 7.14. The maximum atomic E-state index is 12.6. The predicted octanol–water partition coefficient (Wildman–Crippen LogP) is 1.94. The molecule has 1 fully saturated rings. The number of aryl methyl sites for hydroxylation is 2. The van der Waals surface area contributed by atoms with E-state index in [0.29, 0.717) is 6.54 Å². The van der Waals surface area contributed by atoms with Crippen LogP contribution in [0.3, 0.4) is 0 Å². The number of ether oxygens (including phenoxy) is 1. The number of nitrogens with zero attached hydrogens (tertiary/aromatic N) is 1. The Morgan fingerprint density at radius 1 is 1.29 bits per heavy atom. The number of carbonyl (C=O) groups is 2. The lowest BCUT2D eigenvalue weighted by Crippen LogP contribution is -2.48. The van der Waals surface area contributed by atoms with E-state index in [0.717, 1.165) is 17.7 Å². The van der Waals surface area contributed by atoms with Crippen molar-refractivity contribution in [3.8, 4) is 0 Å². The van der Waals surface area contributed by atoms with Gasteiger partial charge in [-0.1, -0.05) is 6.42 Å². The van der Waals surface area contributed by atoms with Gasteiger partial charge in [-0.05, 0) is 37.3 Å². The summed E-state index contributed by atoms with van der Waals surface area (Å²) in [7, 11) is 0. The lowest BCUT2D eigenvalue weighted by Gasteiger charge is -2.30. The van der Waals surface area contributed by atoms with Gasteiger partial charge in [0.2, 0.25) is 0 Å². The maximum absolute atomic E-state index is 12.6. The van der Waals surface area contributed by atoms with Gasteiger partial charge in [-0.15, -0.1) is 11.3 Å². The van der Waals surface area contributed by atoms with Crippen molar-refractivity contribution in [3.05, 3.63) is 21.4 Å². The minimum atomic E-state index is -1.01. The zero-order valence-corrected chi connectivity index (χ0v) is 12.7. The first-order valence-corrected chi connectivity index (χ1v) is 8.22. The third kappa shape index (κ3) is 3.11. The molecule has 2 aliphatic rings. The molecule has 2 heterocycles. The Labute approximate surface area is 127 Å². The number of carbonyl (C=O) groups excluding carboxylic acids is 1. The van der Waals surface area contributed by atoms with Crippen molar-refractivity contribution >= 4 is 23.2 Å². The Morgan fingerprint density at radius 2 is 2.10 bits per heavy atom. The molecule has 0 aromatic carbocycles. The summed E-state index contributed by atoms with van der Waals surface area (Å²) in [5, 5.41) is 9.01. The van der Waals surface area contributed by atoms with Crippen LogP contribution in [0.25, 0.3) is 0 Å². The van der Waals surface area contributed by atoms with Crippen LogP contribution < -0.4 is 0 Å². The lowest BCUT2D eigenvalue weighted by molar-refractivity contribution is -0.154. The highest BCUT2D eigenvalue weighted by Crippen LogP contribution is 2.30. The van der Waals surface area contributed by atoms with Crippen LogP contribution in [0.1, 0.15) is 39.4 Å². The zero-order chi connectivity index (χ0) is 14.8. The molecule has 0 bridgehead atoms. The van der Waals surface area contributed by atoms with Crippen molar-refractivity contribution in [2.45, 2.75) is 38.2 Å². The van der Waals surface area contributed by atoms with Crippen molar-refractivity contribution in [1.29, 1.82) is 0 Å². The van der Waals surface area contributed by atoms with E-state index in [1.54, 1.807) is 16.2 Å². The van der Waals surface area contributed by atoms with Gasteiger partial charge in [0.25, 0.3) is 5.91 Å². The topological polar surface area (TPSA) is 66.8 Å². The summed E-state index contributed by atoms with van der Waals surface area (Å²) in [4.78, 5) is 27.2. The second-order valence-electron chi connectivity index (χ2n) is 5.57. The van der Waals surface area contributed by atoms with E-state index in [1.165, 1.54) is 29.7 Å². The SMILES string of the molecule is O=C(O)C1CN(C(=O)c2cc3c(s2)CCCCC3)CCO1. The van der Waals surface area contributed by atoms with Gasteiger partial charge in [0.1, 0.15) is 0 Å². The monoisotopic (exact) mass is 309 g/mol. The van der Waals surface area contributed by atoms with Crippen molar-refractivity contribution in [2.75, 3.05) is 19.7 Å². The van der Waals surface area contributed by atoms with Crippen LogP contribution in [0.2, 0.25) is 0 Å². The Balaban J connectivity index is 1.74. The number of aliphatic carboxylic acids is 1. The summed E-state index contributed by atoms with van der Waals surface area (Å²) < 4.78 is 5.16. The van der Waals surface area contributed by atoms with Crippen molar-refractivity contribution in [2.24, 2.45) is 0 Å². The minimum absolute atomic E-state index is 0.0531. The Bertz CT molecular complexity index is 530. The number of carboxylic acids is 1. The molecule has 5 nitrogen and oxygen atoms in total. The van der Waals surface area contributed by atoms with Gasteiger partial charge in [0, 0.05) is 11.4 Å². The molecular weight excluding hydrogens is 290 g/mol. The van der Waals surface area contributed by atoms with E-state index in [4.69, 9.17) is 9.84 Å². The van der Waals surface area contributed by atoms with Crippen LogP contribution in [-0.4, -0.2) is 47.7 Å². The highest BCUT2D eigenvalue weighted by atomic mass is 32.1. The van der Waals surface area contributed by atoms with Gasteiger partial charge >= 0.3 is 5.97 Å². The molecule has 1 aromatic heterocycles. The molecule has 1 amide bonds. The first kappa shape index (κ1) is 14.5. The van der Waals surface area contributed by atoms with E-state index >= 15 is 0 Å². The van der Waals surface area contributed by atoms with Crippen LogP contribution in [0.4, 0.5) is 0 Å². The molecule has 0 radical (unpaired) electrons. The fourth-order valence-corrected chi connectivity index (χ4v) is 4.13. The van der Waals surface area contributed by atoms with Gasteiger partial charge in [0.05, 0.1) is 18.0 Å². The third-order valence-electron chi connectivity index (χ3n) is 4.09. The van der Waals surface area contributed by atoms with Crippen LogP contribution in [0.15, 0.2) is 6.07 Å². The molecule has 1 N–H and O–H groups in total. The van der Waals surface area contributed by atoms with Gasteiger partial charge in [0.15, 0.2) is 6.10 Å². The van der Waals surface area contributed by atoms with Crippen molar-refractivity contribution in [3.63, 3.8) is 0 Å². The fourth-order valence-electron chi connectivity index (χ4n) is 2.91. The molecule has 0 saturated carbocycles. The lowest BCUT2D eigenvalue weighted by atomic mass is 10.1. The number of rotatable bonds is 2. The quantitative estimate of drug-likeness (QED) is 0.848. The van der Waals surface area contributed by atoms with Gasteiger partial charge in [-0.3, -0.25) is 4.79 Å². The van der Waals surface area contributed by atoms with Gasteiger partial charge in [-0.25, -0.2) is 4.79 Å². The molecule has 21 heavy (non-hydrogen) atoms. The standard InChI is InChI=1S/C15H19NO4S/c17-14(16-6-7-20-11(9-16)15(18)19)13-8-10-4-2-1-3-5-12(10)21-13/h8,11H,1-7,9H2,(H,18,19). The van der Waals surface area contributed by atoms with Crippen LogP contribution in [0.5, 0.6) is 0 Å². The fraction of sp³-hybridized carbons (Fsp3) is 0.600. The number of hydrogen-bond acceptors (Lipinski definition) is 4. The average Bonchev–Trinajstić information content (AvgIpc) is 2.77. The molecule has 1 saturated heterocycles. The number of hydrogen-bond donors (Lipinski definition) is 1. The normalized spacial score (nSPS) is 22.5. The summed E-state index contributed by atoms with van der Waals surface area (Å²) in [6, 6.07) is 2.01. The number of carboxylic acid groups (broad SMARTS) is 1. The van der Waals surface area contributed by atoms with E-state index in [2.05, 4.69) is 0 Å². The Kier molecular flexibility index (Phi) is 4.26. The van der Waals surface area contributed by atoms with E-state index in [-0.39, 0.29) is 19.1 Å². The summed E-state index contributed by atoms with van der Waals surface area (Å²) in [5.74, 6) is -1.06. The Morgan fingerprint density at radius 3 is 2.90 bits per heavy atom. The summed E-state index contributed by atoms with van der Waals surface area (Å²) in [6.07, 6.45) is 4.86. The molecule has 6 heteroatoms. The molecule has 3 rings (SSSR count). The molecule has 1 aliphatic heterocycles. The molecular formula is C15H19NO4S. The smallest absolute Gasteiger partial charge is 0.334 e. The van der Waals surface area contributed by atoms with Crippen molar-refractivity contribution in [1.82, 2.24) is 4.90 Å². The molecule has 1 unspecified atom stereocenters. The van der Waals surface area contributed by atoms with E-state index in [9.17, 15) is 9.59 Å². The number of amides is 1. The maximum Gasteiger partial charge on any atom is 0.334 e. The first-order chi connectivity index (χ1) is 10.1. The second kappa shape index (κ2) is 6.15. The minimum Gasteiger partial charge on any atom is -0.479 e. The first-order valence-electron chi connectivity index (χ1n) is 7.40. The number of thiophene rings is 1. The van der Waals surface area contributed by atoms with Crippen LogP contribution in [-0.2, 0) is 22.4 Å². The van der Waals surface area contributed by atoms with Gasteiger partial charge < -0.3 is 14.7 Å². The van der Waals surface area contributed by atoms with E-state index < -0.39 is 12.1 Å². The number of morpholine rings is 1. The molecule has 1 aliphatic carbocycles. The molecule has 0 spiro atoms. The average molecular weight is 309 g/mol. The molecule has 114 valence electrons. The van der Waals surface area contributed by atoms with Crippen molar-refractivity contribution < 1.29 is 19.4 Å². The second-order valence-corrected chi connectivity index (χ2v) is 6.71. The third-order valence-corrected chi connectivity index (χ3v) is 5.31. The highest BCUT2D eigenvalue weighted by Gasteiger charge is 2.30. The largest absolute Gasteiger partial charge is 0.479 e. The summed E-state index contributed by atoms with van der Waals surface area (Å²) in [6.45, 7) is 0.885. The molecule has 1 aromatic rings. The van der Waals surface area contributed by atoms with Crippen LogP contribution >= 0.6 is 11.3 Å². The zero-order valence-electron chi connectivity index (χ0n) is 11.8. The van der Waals surface area contributed by atoms with Gasteiger partial charge in [-0.2, -0.15) is 0 Å². The summed E-state index contributed by atoms with van der Waals surface area (Å²) >= 11 is 1.58. The Hall–Kier alpha value is -1.40. The predicted molar refractivity (Wildman–Crippen MR) is 78.9 cm³/mol. The summed E-state index contributed by atoms with van der Waals surface area (Å²) in [5.41, 5.74) is 1.31. The molecule has 1 atom stereocenters. The van der Waals surface area contributed by atoms with E-state index in [1.807, 2.05) is 6.07 Å². The number of fused-ring (bicyclic) bond motifs is 1.